The molecule has 2 rings (SSSR count). The van der Waals surface area contributed by atoms with Crippen LogP contribution in [0.4, 0.5) is 5.69 Å². The van der Waals surface area contributed by atoms with E-state index in [0.717, 1.165) is 50.1 Å². The Labute approximate surface area is 127 Å². The molecule has 0 atom stereocenters. The second-order valence-corrected chi connectivity index (χ2v) is 5.81. The van der Waals surface area contributed by atoms with Gasteiger partial charge in [0.2, 0.25) is 5.91 Å². The quantitative estimate of drug-likeness (QED) is 0.845. The number of anilines is 1. The van der Waals surface area contributed by atoms with E-state index >= 15 is 0 Å². The first-order valence-electron chi connectivity index (χ1n) is 8.01. The zero-order valence-electron chi connectivity index (χ0n) is 13.2. The summed E-state index contributed by atoms with van der Waals surface area (Å²) in [5.41, 5.74) is 2.03. The molecule has 0 aliphatic carbocycles. The maximum atomic E-state index is 12.3. The van der Waals surface area contributed by atoms with Crippen LogP contribution in [-0.2, 0) is 4.79 Å². The summed E-state index contributed by atoms with van der Waals surface area (Å²) < 4.78 is 0. The minimum absolute atomic E-state index is 0.0938. The average molecular weight is 289 g/mol. The third kappa shape index (κ3) is 4.83. The number of piperidine rings is 1. The maximum absolute atomic E-state index is 12.3. The third-order valence-electron chi connectivity index (χ3n) is 4.10. The van der Waals surface area contributed by atoms with Crippen LogP contribution in [0.3, 0.4) is 0 Å². The number of nitrogens with one attached hydrogen (secondary N) is 2. The number of aryl methyl sites for hydroxylation is 1. The van der Waals surface area contributed by atoms with Crippen molar-refractivity contribution in [1.29, 1.82) is 0 Å². The van der Waals surface area contributed by atoms with Crippen LogP contribution in [0.2, 0.25) is 0 Å². The summed E-state index contributed by atoms with van der Waals surface area (Å²) in [5, 5.41) is 6.43. The van der Waals surface area contributed by atoms with Crippen LogP contribution in [0.1, 0.15) is 31.7 Å². The first-order valence-corrected chi connectivity index (χ1v) is 8.01. The Balaban J connectivity index is 1.93. The zero-order valence-corrected chi connectivity index (χ0v) is 13.2. The van der Waals surface area contributed by atoms with E-state index in [1.165, 1.54) is 0 Å². The number of carbonyl (C=O) groups excluding carboxylic acids is 1. The molecule has 1 saturated heterocycles. The SMILES string of the molecule is CCCN(CC(=O)Nc1ccccc1C)C1CCNCC1. The Kier molecular flexibility index (Phi) is 6.21. The van der Waals surface area contributed by atoms with Crippen molar-refractivity contribution in [1.82, 2.24) is 10.2 Å². The molecule has 1 aromatic carbocycles. The minimum atomic E-state index is 0.0938. The summed E-state index contributed by atoms with van der Waals surface area (Å²) in [6.07, 6.45) is 3.36. The van der Waals surface area contributed by atoms with E-state index in [0.29, 0.717) is 12.6 Å². The Morgan fingerprint density at radius 3 is 2.71 bits per heavy atom. The molecule has 0 radical (unpaired) electrons. The molecular weight excluding hydrogens is 262 g/mol. The topological polar surface area (TPSA) is 44.4 Å². The van der Waals surface area contributed by atoms with Gasteiger partial charge in [-0.2, -0.15) is 0 Å². The molecule has 4 nitrogen and oxygen atoms in total. The molecule has 1 aliphatic rings. The summed E-state index contributed by atoms with van der Waals surface area (Å²) >= 11 is 0. The van der Waals surface area contributed by atoms with E-state index in [4.69, 9.17) is 0 Å². The lowest BCUT2D eigenvalue weighted by atomic mass is 10.0. The lowest BCUT2D eigenvalue weighted by Crippen LogP contribution is -2.46. The molecule has 0 bridgehead atoms. The molecule has 1 heterocycles. The van der Waals surface area contributed by atoms with Crippen molar-refractivity contribution in [3.05, 3.63) is 29.8 Å². The second kappa shape index (κ2) is 8.15. The van der Waals surface area contributed by atoms with Crippen molar-refractivity contribution in [2.75, 3.05) is 31.5 Å². The normalized spacial score (nSPS) is 16.1. The zero-order chi connectivity index (χ0) is 15.1. The summed E-state index contributed by atoms with van der Waals surface area (Å²) in [7, 11) is 0. The molecular formula is C17H27N3O. The fraction of sp³-hybridized carbons (Fsp3) is 0.588. The number of amides is 1. The number of hydrogen-bond acceptors (Lipinski definition) is 3. The van der Waals surface area contributed by atoms with Crippen LogP contribution < -0.4 is 10.6 Å². The van der Waals surface area contributed by atoms with Crippen molar-refractivity contribution >= 4 is 11.6 Å². The lowest BCUT2D eigenvalue weighted by Gasteiger charge is -2.34. The van der Waals surface area contributed by atoms with Gasteiger partial charge in [-0.25, -0.2) is 0 Å². The largest absolute Gasteiger partial charge is 0.325 e. The number of rotatable bonds is 6. The highest BCUT2D eigenvalue weighted by Crippen LogP contribution is 2.15. The summed E-state index contributed by atoms with van der Waals surface area (Å²) in [5.74, 6) is 0.0938. The molecule has 0 aromatic heterocycles. The molecule has 0 unspecified atom stereocenters. The smallest absolute Gasteiger partial charge is 0.238 e. The predicted molar refractivity (Wildman–Crippen MR) is 87.6 cm³/mol. The Morgan fingerprint density at radius 2 is 2.05 bits per heavy atom. The molecule has 116 valence electrons. The molecule has 1 aliphatic heterocycles. The van der Waals surface area contributed by atoms with Gasteiger partial charge in [0.05, 0.1) is 6.54 Å². The number of hydrogen-bond donors (Lipinski definition) is 2. The third-order valence-corrected chi connectivity index (χ3v) is 4.10. The Hall–Kier alpha value is -1.39. The maximum Gasteiger partial charge on any atom is 0.238 e. The van der Waals surface area contributed by atoms with Gasteiger partial charge >= 0.3 is 0 Å². The van der Waals surface area contributed by atoms with Crippen LogP contribution in [0.25, 0.3) is 0 Å². The van der Waals surface area contributed by atoms with E-state index in [1.807, 2.05) is 31.2 Å². The first-order chi connectivity index (χ1) is 10.2. The van der Waals surface area contributed by atoms with Gasteiger partial charge in [-0.1, -0.05) is 25.1 Å². The molecule has 0 saturated carbocycles. The highest BCUT2D eigenvalue weighted by atomic mass is 16.2. The van der Waals surface area contributed by atoms with E-state index in [9.17, 15) is 4.79 Å². The van der Waals surface area contributed by atoms with Gasteiger partial charge in [0.25, 0.3) is 0 Å². The summed E-state index contributed by atoms with van der Waals surface area (Å²) in [4.78, 5) is 14.7. The van der Waals surface area contributed by atoms with Crippen LogP contribution >= 0.6 is 0 Å². The molecule has 1 amide bonds. The summed E-state index contributed by atoms with van der Waals surface area (Å²) in [6, 6.07) is 8.46. The molecule has 1 aromatic rings. The Bertz CT molecular complexity index is 455. The highest BCUT2D eigenvalue weighted by Gasteiger charge is 2.22. The van der Waals surface area contributed by atoms with Crippen LogP contribution in [0, 0.1) is 6.92 Å². The van der Waals surface area contributed by atoms with E-state index in [-0.39, 0.29) is 5.91 Å². The standard InChI is InChI=1S/C17H27N3O/c1-3-12-20(15-8-10-18-11-9-15)13-17(21)19-16-7-5-4-6-14(16)2/h4-7,15,18H,3,8-13H2,1-2H3,(H,19,21). The van der Waals surface area contributed by atoms with Gasteiger partial charge in [0.1, 0.15) is 0 Å². The molecule has 0 spiro atoms. The molecule has 1 fully saturated rings. The van der Waals surface area contributed by atoms with Crippen molar-refractivity contribution < 1.29 is 4.79 Å². The molecule has 21 heavy (non-hydrogen) atoms. The van der Waals surface area contributed by atoms with Crippen molar-refractivity contribution in [3.63, 3.8) is 0 Å². The lowest BCUT2D eigenvalue weighted by molar-refractivity contribution is -0.118. The van der Waals surface area contributed by atoms with Gasteiger partial charge < -0.3 is 10.6 Å². The first kappa shape index (κ1) is 16.0. The average Bonchev–Trinajstić information content (AvgIpc) is 2.50. The van der Waals surface area contributed by atoms with Gasteiger partial charge in [0.15, 0.2) is 0 Å². The number of nitrogens with zero attached hydrogens (tertiary/aromatic N) is 1. The summed E-state index contributed by atoms with van der Waals surface area (Å²) in [6.45, 7) is 7.80. The highest BCUT2D eigenvalue weighted by molar-refractivity contribution is 5.92. The number of benzene rings is 1. The predicted octanol–water partition coefficient (Wildman–Crippen LogP) is 2.40. The van der Waals surface area contributed by atoms with Crippen LogP contribution in [0.15, 0.2) is 24.3 Å². The second-order valence-electron chi connectivity index (χ2n) is 5.81. The Morgan fingerprint density at radius 1 is 1.33 bits per heavy atom. The minimum Gasteiger partial charge on any atom is -0.325 e. The van der Waals surface area contributed by atoms with Gasteiger partial charge in [-0.05, 0) is 57.5 Å². The van der Waals surface area contributed by atoms with Crippen molar-refractivity contribution in [2.45, 2.75) is 39.2 Å². The van der Waals surface area contributed by atoms with Gasteiger partial charge in [0, 0.05) is 11.7 Å². The molecule has 2 N–H and O–H groups in total. The van der Waals surface area contributed by atoms with Crippen molar-refractivity contribution in [3.8, 4) is 0 Å². The van der Waals surface area contributed by atoms with E-state index in [1.54, 1.807) is 0 Å². The molecule has 4 heteroatoms. The fourth-order valence-corrected chi connectivity index (χ4v) is 2.94. The number of para-hydroxylation sites is 1. The van der Waals surface area contributed by atoms with Crippen LogP contribution in [-0.4, -0.2) is 43.0 Å². The monoisotopic (exact) mass is 289 g/mol. The van der Waals surface area contributed by atoms with E-state index < -0.39 is 0 Å². The van der Waals surface area contributed by atoms with Crippen molar-refractivity contribution in [2.24, 2.45) is 0 Å². The van der Waals surface area contributed by atoms with Gasteiger partial charge in [-0.15, -0.1) is 0 Å². The van der Waals surface area contributed by atoms with Gasteiger partial charge in [-0.3, -0.25) is 9.69 Å². The van der Waals surface area contributed by atoms with E-state index in [2.05, 4.69) is 22.5 Å². The van der Waals surface area contributed by atoms with Crippen LogP contribution in [0.5, 0.6) is 0 Å². The number of carbonyl (C=O) groups is 1. The fourth-order valence-electron chi connectivity index (χ4n) is 2.94.